The molecule has 1 rings (SSSR count). The van der Waals surface area contributed by atoms with E-state index < -0.39 is 0 Å². The molecule has 0 aliphatic carbocycles. The SMILES string of the molecule is Cn1ncc(Br)c1C(=O)CCCCCCN. The molecule has 16 heavy (non-hydrogen) atoms. The molecule has 0 bridgehead atoms. The van der Waals surface area contributed by atoms with Gasteiger partial charge in [0.15, 0.2) is 5.78 Å². The van der Waals surface area contributed by atoms with Crippen molar-refractivity contribution in [2.45, 2.75) is 32.1 Å². The summed E-state index contributed by atoms with van der Waals surface area (Å²) in [6, 6.07) is 0. The van der Waals surface area contributed by atoms with Crippen LogP contribution in [0.4, 0.5) is 0 Å². The lowest BCUT2D eigenvalue weighted by Gasteiger charge is -2.02. The molecule has 0 aliphatic heterocycles. The first kappa shape index (κ1) is 13.4. The number of ketones is 1. The summed E-state index contributed by atoms with van der Waals surface area (Å²) < 4.78 is 2.40. The Labute approximate surface area is 104 Å². The average molecular weight is 288 g/mol. The molecule has 1 aromatic heterocycles. The van der Waals surface area contributed by atoms with Gasteiger partial charge in [0.1, 0.15) is 5.69 Å². The van der Waals surface area contributed by atoms with E-state index in [1.54, 1.807) is 17.9 Å². The van der Waals surface area contributed by atoms with Crippen LogP contribution >= 0.6 is 15.9 Å². The Hall–Kier alpha value is -0.680. The summed E-state index contributed by atoms with van der Waals surface area (Å²) in [5.41, 5.74) is 6.07. The van der Waals surface area contributed by atoms with Crippen molar-refractivity contribution in [1.29, 1.82) is 0 Å². The number of unbranched alkanes of at least 4 members (excludes halogenated alkanes) is 3. The molecule has 0 fully saturated rings. The minimum atomic E-state index is 0.152. The van der Waals surface area contributed by atoms with E-state index in [1.807, 2.05) is 0 Å². The molecule has 1 aromatic rings. The molecule has 2 N–H and O–H groups in total. The molecule has 5 heteroatoms. The highest BCUT2D eigenvalue weighted by atomic mass is 79.9. The van der Waals surface area contributed by atoms with Crippen LogP contribution in [-0.2, 0) is 7.05 Å². The van der Waals surface area contributed by atoms with Crippen molar-refractivity contribution in [2.75, 3.05) is 6.54 Å². The van der Waals surface area contributed by atoms with Crippen molar-refractivity contribution in [1.82, 2.24) is 9.78 Å². The molecular formula is C11H18BrN3O. The Morgan fingerprint density at radius 2 is 2.12 bits per heavy atom. The molecule has 0 radical (unpaired) electrons. The molecule has 4 nitrogen and oxygen atoms in total. The summed E-state index contributed by atoms with van der Waals surface area (Å²) in [7, 11) is 1.78. The standard InChI is InChI=1S/C11H18BrN3O/c1-15-11(9(12)8-14-15)10(16)6-4-2-3-5-7-13/h8H,2-7,13H2,1H3. The number of hydrogen-bond acceptors (Lipinski definition) is 3. The number of nitrogens with zero attached hydrogens (tertiary/aromatic N) is 2. The molecule has 0 amide bonds. The van der Waals surface area contributed by atoms with E-state index in [9.17, 15) is 4.79 Å². The Balaban J connectivity index is 2.36. The summed E-state index contributed by atoms with van der Waals surface area (Å²) >= 11 is 3.33. The highest BCUT2D eigenvalue weighted by Crippen LogP contribution is 2.18. The number of nitrogens with two attached hydrogens (primary N) is 1. The summed E-state index contributed by atoms with van der Waals surface area (Å²) in [4.78, 5) is 11.9. The number of Topliss-reactive ketones (excluding diaryl/α,β-unsaturated/α-hetero) is 1. The first-order chi connectivity index (χ1) is 7.66. The molecular weight excluding hydrogens is 270 g/mol. The third kappa shape index (κ3) is 3.72. The van der Waals surface area contributed by atoms with Gasteiger partial charge in [-0.05, 0) is 35.3 Å². The maximum absolute atomic E-state index is 11.9. The second-order valence-corrected chi connectivity index (χ2v) is 4.70. The van der Waals surface area contributed by atoms with Crippen molar-refractivity contribution >= 4 is 21.7 Å². The fourth-order valence-electron chi connectivity index (χ4n) is 1.63. The van der Waals surface area contributed by atoms with Crippen LogP contribution in [0.15, 0.2) is 10.7 Å². The van der Waals surface area contributed by atoms with Crippen molar-refractivity contribution in [3.63, 3.8) is 0 Å². The molecule has 0 saturated carbocycles. The van der Waals surface area contributed by atoms with E-state index in [-0.39, 0.29) is 5.78 Å². The Morgan fingerprint density at radius 1 is 1.44 bits per heavy atom. The molecule has 0 aromatic carbocycles. The van der Waals surface area contributed by atoms with Crippen LogP contribution in [0.2, 0.25) is 0 Å². The van der Waals surface area contributed by atoms with Crippen molar-refractivity contribution in [2.24, 2.45) is 12.8 Å². The van der Waals surface area contributed by atoms with Gasteiger partial charge >= 0.3 is 0 Å². The van der Waals surface area contributed by atoms with E-state index >= 15 is 0 Å². The van der Waals surface area contributed by atoms with Gasteiger partial charge < -0.3 is 5.73 Å². The van der Waals surface area contributed by atoms with E-state index in [1.165, 1.54) is 0 Å². The van der Waals surface area contributed by atoms with Gasteiger partial charge in [0, 0.05) is 13.5 Å². The zero-order valence-corrected chi connectivity index (χ0v) is 11.2. The van der Waals surface area contributed by atoms with Crippen LogP contribution in [0.25, 0.3) is 0 Å². The second-order valence-electron chi connectivity index (χ2n) is 3.84. The smallest absolute Gasteiger partial charge is 0.182 e. The Kier molecular flexibility index (Phi) is 5.69. The number of aryl methyl sites for hydroxylation is 1. The van der Waals surface area contributed by atoms with Gasteiger partial charge in [0.05, 0.1) is 10.7 Å². The van der Waals surface area contributed by atoms with Crippen molar-refractivity contribution in [3.8, 4) is 0 Å². The largest absolute Gasteiger partial charge is 0.330 e. The summed E-state index contributed by atoms with van der Waals surface area (Å²) in [5.74, 6) is 0.152. The van der Waals surface area contributed by atoms with Gasteiger partial charge in [-0.3, -0.25) is 9.48 Å². The third-order valence-corrected chi connectivity index (χ3v) is 3.10. The van der Waals surface area contributed by atoms with E-state index in [0.717, 1.165) is 36.7 Å². The quantitative estimate of drug-likeness (QED) is 0.618. The van der Waals surface area contributed by atoms with Gasteiger partial charge in [-0.25, -0.2) is 0 Å². The number of hydrogen-bond donors (Lipinski definition) is 1. The van der Waals surface area contributed by atoms with Crippen molar-refractivity contribution < 1.29 is 4.79 Å². The average Bonchev–Trinajstić information content (AvgIpc) is 2.58. The Bertz CT molecular complexity index is 329. The number of rotatable bonds is 7. The molecule has 0 aliphatic rings. The lowest BCUT2D eigenvalue weighted by molar-refractivity contribution is 0.0969. The van der Waals surface area contributed by atoms with Gasteiger partial charge in [-0.1, -0.05) is 12.8 Å². The molecule has 0 unspecified atom stereocenters. The summed E-state index contributed by atoms with van der Waals surface area (Å²) in [6.45, 7) is 0.737. The van der Waals surface area contributed by atoms with Gasteiger partial charge in [0.2, 0.25) is 0 Å². The van der Waals surface area contributed by atoms with Crippen LogP contribution < -0.4 is 5.73 Å². The minimum Gasteiger partial charge on any atom is -0.330 e. The monoisotopic (exact) mass is 287 g/mol. The minimum absolute atomic E-state index is 0.152. The van der Waals surface area contributed by atoms with Gasteiger partial charge in [-0.15, -0.1) is 0 Å². The normalized spacial score (nSPS) is 10.7. The van der Waals surface area contributed by atoms with Crippen LogP contribution in [-0.4, -0.2) is 22.1 Å². The van der Waals surface area contributed by atoms with Gasteiger partial charge in [0.25, 0.3) is 0 Å². The third-order valence-electron chi connectivity index (χ3n) is 2.52. The van der Waals surface area contributed by atoms with Gasteiger partial charge in [-0.2, -0.15) is 5.10 Å². The van der Waals surface area contributed by atoms with Crippen LogP contribution in [0.3, 0.4) is 0 Å². The summed E-state index contributed by atoms with van der Waals surface area (Å²) in [5, 5.41) is 4.03. The fourth-order valence-corrected chi connectivity index (χ4v) is 2.20. The molecule has 0 spiro atoms. The highest BCUT2D eigenvalue weighted by Gasteiger charge is 2.14. The lowest BCUT2D eigenvalue weighted by atomic mass is 10.1. The van der Waals surface area contributed by atoms with E-state index in [2.05, 4.69) is 21.0 Å². The van der Waals surface area contributed by atoms with Crippen LogP contribution in [0, 0.1) is 0 Å². The molecule has 0 saturated heterocycles. The molecule has 1 heterocycles. The number of carbonyl (C=O) groups excluding carboxylic acids is 1. The zero-order chi connectivity index (χ0) is 12.0. The van der Waals surface area contributed by atoms with E-state index in [4.69, 9.17) is 5.73 Å². The van der Waals surface area contributed by atoms with E-state index in [0.29, 0.717) is 12.1 Å². The fraction of sp³-hybridized carbons (Fsp3) is 0.636. The zero-order valence-electron chi connectivity index (χ0n) is 9.58. The summed E-state index contributed by atoms with van der Waals surface area (Å²) in [6.07, 6.45) is 6.39. The Morgan fingerprint density at radius 3 is 2.69 bits per heavy atom. The maximum atomic E-state index is 11.9. The number of halogens is 1. The maximum Gasteiger partial charge on any atom is 0.182 e. The molecule has 90 valence electrons. The second kappa shape index (κ2) is 6.81. The first-order valence-corrected chi connectivity index (χ1v) is 6.37. The van der Waals surface area contributed by atoms with Crippen LogP contribution in [0.1, 0.15) is 42.6 Å². The van der Waals surface area contributed by atoms with Crippen molar-refractivity contribution in [3.05, 3.63) is 16.4 Å². The van der Waals surface area contributed by atoms with Crippen LogP contribution in [0.5, 0.6) is 0 Å². The molecule has 0 atom stereocenters. The predicted octanol–water partition coefficient (Wildman–Crippen LogP) is 2.27. The number of carbonyl (C=O) groups is 1. The highest BCUT2D eigenvalue weighted by molar-refractivity contribution is 9.10. The number of aromatic nitrogens is 2. The predicted molar refractivity (Wildman–Crippen MR) is 67.4 cm³/mol. The lowest BCUT2D eigenvalue weighted by Crippen LogP contribution is -2.07. The first-order valence-electron chi connectivity index (χ1n) is 5.57. The topological polar surface area (TPSA) is 60.9 Å².